The lowest BCUT2D eigenvalue weighted by molar-refractivity contribution is -0.141. The van der Waals surface area contributed by atoms with Crippen LogP contribution in [0, 0.1) is 0 Å². The first-order valence-corrected chi connectivity index (χ1v) is 6.50. The highest BCUT2D eigenvalue weighted by Crippen LogP contribution is 2.20. The maximum Gasteiger partial charge on any atom is 0.327 e. The van der Waals surface area contributed by atoms with Gasteiger partial charge >= 0.3 is 5.97 Å². The van der Waals surface area contributed by atoms with Gasteiger partial charge < -0.3 is 4.74 Å². The summed E-state index contributed by atoms with van der Waals surface area (Å²) < 4.78 is 5.96. The van der Waals surface area contributed by atoms with E-state index in [9.17, 15) is 4.79 Å². The van der Waals surface area contributed by atoms with E-state index < -0.39 is 0 Å². The minimum atomic E-state index is -0.381. The number of carbonyl (C=O) groups excluding carboxylic acids is 1. The average Bonchev–Trinajstić information content (AvgIpc) is 2.97. The molecule has 0 fully saturated rings. The number of rotatable bonds is 5. The Balaban J connectivity index is 1.96. The van der Waals surface area contributed by atoms with Gasteiger partial charge in [-0.15, -0.1) is 16.4 Å². The number of hydrogen-bond donors (Lipinski definition) is 0. The molecule has 0 N–H and O–H groups in total. The zero-order chi connectivity index (χ0) is 12.1. The molecule has 0 aliphatic rings. The summed E-state index contributed by atoms with van der Waals surface area (Å²) in [4.78, 5) is 15.3. The molecule has 0 saturated heterocycles. The van der Waals surface area contributed by atoms with Gasteiger partial charge in [0, 0.05) is 11.6 Å². The van der Waals surface area contributed by atoms with Gasteiger partial charge in [-0.25, -0.2) is 9.67 Å². The van der Waals surface area contributed by atoms with Crippen LogP contribution in [0.5, 0.6) is 0 Å². The first-order valence-electron chi connectivity index (χ1n) is 4.63. The lowest BCUT2D eigenvalue weighted by atomic mass is 10.7. The second-order valence-electron chi connectivity index (χ2n) is 2.91. The fourth-order valence-corrected chi connectivity index (χ4v) is 2.56. The third kappa shape index (κ3) is 3.24. The number of esters is 1. The first-order chi connectivity index (χ1) is 8.29. The number of thiazole rings is 1. The van der Waals surface area contributed by atoms with Crippen molar-refractivity contribution in [1.29, 1.82) is 0 Å². The Labute approximate surface area is 105 Å². The topological polar surface area (TPSA) is 82.8 Å². The van der Waals surface area contributed by atoms with Gasteiger partial charge in [0.15, 0.2) is 0 Å². The van der Waals surface area contributed by atoms with Crippen molar-refractivity contribution in [2.75, 3.05) is 7.11 Å². The van der Waals surface area contributed by atoms with E-state index in [1.807, 2.05) is 5.38 Å². The summed E-state index contributed by atoms with van der Waals surface area (Å²) in [5.41, 5.74) is 0. The minimum Gasteiger partial charge on any atom is -0.468 e. The molecule has 2 aromatic rings. The van der Waals surface area contributed by atoms with Gasteiger partial charge in [0.2, 0.25) is 5.16 Å². The molecule has 9 heteroatoms. The Morgan fingerprint density at radius 1 is 1.65 bits per heavy atom. The van der Waals surface area contributed by atoms with Gasteiger partial charge in [0.1, 0.15) is 11.6 Å². The maximum atomic E-state index is 11.1. The average molecular weight is 271 g/mol. The quantitative estimate of drug-likeness (QED) is 0.581. The summed E-state index contributed by atoms with van der Waals surface area (Å²) in [7, 11) is 1.33. The zero-order valence-electron chi connectivity index (χ0n) is 8.94. The Morgan fingerprint density at radius 2 is 2.53 bits per heavy atom. The molecule has 0 aliphatic carbocycles. The normalized spacial score (nSPS) is 10.4. The third-order valence-corrected chi connectivity index (χ3v) is 3.74. The van der Waals surface area contributed by atoms with Crippen LogP contribution in [0.25, 0.3) is 0 Å². The number of hydrogen-bond acceptors (Lipinski definition) is 8. The van der Waals surface area contributed by atoms with Gasteiger partial charge in [0.25, 0.3) is 0 Å². The largest absolute Gasteiger partial charge is 0.468 e. The van der Waals surface area contributed by atoms with Crippen molar-refractivity contribution >= 4 is 29.1 Å². The number of ether oxygens (including phenoxy) is 1. The molecule has 90 valence electrons. The van der Waals surface area contributed by atoms with E-state index in [0.29, 0.717) is 10.9 Å². The Bertz CT molecular complexity index is 484. The van der Waals surface area contributed by atoms with Crippen molar-refractivity contribution < 1.29 is 9.53 Å². The molecule has 2 aromatic heterocycles. The van der Waals surface area contributed by atoms with Crippen LogP contribution in [0.4, 0.5) is 0 Å². The van der Waals surface area contributed by atoms with Crippen molar-refractivity contribution in [2.45, 2.75) is 17.5 Å². The molecule has 2 heterocycles. The standard InChI is InChI=1S/C8H9N5O2S2/c1-15-7(14)4-13-8(10-11-12-13)17-5-6-9-2-3-16-6/h2-3H,4-5H2,1H3. The summed E-state index contributed by atoms with van der Waals surface area (Å²) in [5.74, 6) is 0.299. The van der Waals surface area contributed by atoms with E-state index >= 15 is 0 Å². The van der Waals surface area contributed by atoms with Crippen LogP contribution in [0.3, 0.4) is 0 Å². The predicted octanol–water partition coefficient (Wildman–Crippen LogP) is 0.595. The molecule has 0 saturated carbocycles. The smallest absolute Gasteiger partial charge is 0.327 e. The molecule has 0 atom stereocenters. The second-order valence-corrected chi connectivity index (χ2v) is 4.83. The predicted molar refractivity (Wildman–Crippen MR) is 61.5 cm³/mol. The monoisotopic (exact) mass is 271 g/mol. The van der Waals surface area contributed by atoms with Crippen molar-refractivity contribution in [1.82, 2.24) is 25.2 Å². The summed E-state index contributed by atoms with van der Waals surface area (Å²) in [6, 6.07) is 0. The molecule has 17 heavy (non-hydrogen) atoms. The molecule has 0 aromatic carbocycles. The van der Waals surface area contributed by atoms with Gasteiger partial charge in [-0.05, 0) is 10.4 Å². The highest BCUT2D eigenvalue weighted by atomic mass is 32.2. The summed E-state index contributed by atoms with van der Waals surface area (Å²) in [5, 5.41) is 14.6. The Hall–Kier alpha value is -1.48. The molecule has 2 rings (SSSR count). The SMILES string of the molecule is COC(=O)Cn1nnnc1SCc1nccs1. The van der Waals surface area contributed by atoms with Gasteiger partial charge in [0.05, 0.1) is 12.9 Å². The number of aromatic nitrogens is 5. The Kier molecular flexibility index (Phi) is 4.04. The molecule has 7 nitrogen and oxygen atoms in total. The lowest BCUT2D eigenvalue weighted by Gasteiger charge is -2.01. The van der Waals surface area contributed by atoms with Crippen molar-refractivity contribution in [3.05, 3.63) is 16.6 Å². The van der Waals surface area contributed by atoms with Crippen molar-refractivity contribution in [3.63, 3.8) is 0 Å². The number of methoxy groups -OCH3 is 1. The van der Waals surface area contributed by atoms with Crippen LogP contribution in [-0.2, 0) is 21.8 Å². The molecular formula is C8H9N5O2S2. The zero-order valence-corrected chi connectivity index (χ0v) is 10.6. The van der Waals surface area contributed by atoms with Crippen LogP contribution >= 0.6 is 23.1 Å². The molecular weight excluding hydrogens is 262 g/mol. The third-order valence-electron chi connectivity index (χ3n) is 1.81. The number of nitrogens with zero attached hydrogens (tertiary/aromatic N) is 5. The van der Waals surface area contributed by atoms with Gasteiger partial charge in [-0.2, -0.15) is 0 Å². The second kappa shape index (κ2) is 5.73. The summed E-state index contributed by atoms with van der Waals surface area (Å²) in [6.07, 6.45) is 1.75. The van der Waals surface area contributed by atoms with Crippen LogP contribution in [-0.4, -0.2) is 38.3 Å². The van der Waals surface area contributed by atoms with Crippen molar-refractivity contribution in [3.8, 4) is 0 Å². The van der Waals surface area contributed by atoms with E-state index in [1.165, 1.54) is 23.6 Å². The van der Waals surface area contributed by atoms with E-state index in [-0.39, 0.29) is 12.5 Å². The molecule has 0 spiro atoms. The number of thioether (sulfide) groups is 1. The van der Waals surface area contributed by atoms with E-state index in [4.69, 9.17) is 0 Å². The van der Waals surface area contributed by atoms with Gasteiger partial charge in [-0.3, -0.25) is 4.79 Å². The van der Waals surface area contributed by atoms with Crippen LogP contribution < -0.4 is 0 Å². The molecule has 0 amide bonds. The summed E-state index contributed by atoms with van der Waals surface area (Å²) in [6.45, 7) is 0.0176. The van der Waals surface area contributed by atoms with Crippen LogP contribution in [0.1, 0.15) is 5.01 Å². The Morgan fingerprint density at radius 3 is 3.24 bits per heavy atom. The fourth-order valence-electron chi connectivity index (χ4n) is 1.04. The lowest BCUT2D eigenvalue weighted by Crippen LogP contribution is -2.13. The van der Waals surface area contributed by atoms with Crippen LogP contribution in [0.2, 0.25) is 0 Å². The number of tetrazole rings is 1. The van der Waals surface area contributed by atoms with E-state index in [2.05, 4.69) is 25.2 Å². The van der Waals surface area contributed by atoms with Gasteiger partial charge in [-0.1, -0.05) is 11.8 Å². The fraction of sp³-hybridized carbons (Fsp3) is 0.375. The first kappa shape index (κ1) is 12.0. The molecule has 0 aliphatic heterocycles. The van der Waals surface area contributed by atoms with E-state index in [1.54, 1.807) is 17.5 Å². The molecule has 0 bridgehead atoms. The highest BCUT2D eigenvalue weighted by Gasteiger charge is 2.11. The van der Waals surface area contributed by atoms with Crippen LogP contribution in [0.15, 0.2) is 16.7 Å². The maximum absolute atomic E-state index is 11.1. The van der Waals surface area contributed by atoms with E-state index in [0.717, 1.165) is 5.01 Å². The minimum absolute atomic E-state index is 0.0176. The highest BCUT2D eigenvalue weighted by molar-refractivity contribution is 7.98. The number of carbonyl (C=O) groups is 1. The van der Waals surface area contributed by atoms with Crippen molar-refractivity contribution in [2.24, 2.45) is 0 Å². The summed E-state index contributed by atoms with van der Waals surface area (Å²) >= 11 is 3.00. The molecule has 0 unspecified atom stereocenters. The molecule has 0 radical (unpaired) electrons.